The van der Waals surface area contributed by atoms with Gasteiger partial charge >= 0.3 is 0 Å². The Morgan fingerprint density at radius 2 is 2.00 bits per heavy atom. The van der Waals surface area contributed by atoms with Gasteiger partial charge < -0.3 is 20.5 Å². The number of anilines is 1. The maximum absolute atomic E-state index is 12.9. The first kappa shape index (κ1) is 22.5. The SMILES string of the molecule is CCN(CC)CCNC(=O)c1c(C)[nH]c(C=C2C(=O)Nc3ccc4c(c32)CCS4=O)c1C. The van der Waals surface area contributed by atoms with Crippen molar-refractivity contribution in [2.24, 2.45) is 0 Å². The molecule has 0 saturated heterocycles. The highest BCUT2D eigenvalue weighted by Crippen LogP contribution is 2.41. The number of aromatic amines is 1. The number of aryl methyl sites for hydroxylation is 1. The van der Waals surface area contributed by atoms with E-state index in [0.29, 0.717) is 29.9 Å². The van der Waals surface area contributed by atoms with Gasteiger partial charge in [0.25, 0.3) is 11.8 Å². The van der Waals surface area contributed by atoms with Gasteiger partial charge in [-0.3, -0.25) is 13.8 Å². The number of H-pyrrole nitrogens is 1. The van der Waals surface area contributed by atoms with E-state index in [-0.39, 0.29) is 11.8 Å². The van der Waals surface area contributed by atoms with Crippen molar-refractivity contribution in [3.63, 3.8) is 0 Å². The van der Waals surface area contributed by atoms with E-state index in [9.17, 15) is 13.8 Å². The standard InChI is InChI=1S/C24H30N4O3S/c1-5-28(6-2)11-10-25-24(30)21-14(3)19(26-15(21)4)13-17-22-16-9-12-32(31)20(16)8-7-18(22)27-23(17)29/h7-8,13,26H,5-6,9-12H2,1-4H3,(H,25,30)(H,27,29). The zero-order valence-corrected chi connectivity index (χ0v) is 19.9. The smallest absolute Gasteiger partial charge is 0.256 e. The number of carbonyl (C=O) groups is 2. The molecule has 7 nitrogen and oxygen atoms in total. The highest BCUT2D eigenvalue weighted by Gasteiger charge is 2.32. The summed E-state index contributed by atoms with van der Waals surface area (Å²) in [6.45, 7) is 11.3. The second-order valence-electron chi connectivity index (χ2n) is 8.22. The fourth-order valence-electron chi connectivity index (χ4n) is 4.61. The Kier molecular flexibility index (Phi) is 6.35. The molecule has 1 atom stereocenters. The third-order valence-corrected chi connectivity index (χ3v) is 7.86. The first-order valence-corrected chi connectivity index (χ1v) is 12.4. The van der Waals surface area contributed by atoms with Gasteiger partial charge in [0, 0.05) is 46.4 Å². The summed E-state index contributed by atoms with van der Waals surface area (Å²) in [4.78, 5) is 32.0. The quantitative estimate of drug-likeness (QED) is 0.561. The van der Waals surface area contributed by atoms with E-state index in [1.165, 1.54) is 0 Å². The normalized spacial score (nSPS) is 18.2. The van der Waals surface area contributed by atoms with Gasteiger partial charge in [-0.15, -0.1) is 0 Å². The fraction of sp³-hybridized carbons (Fsp3) is 0.417. The first-order valence-electron chi connectivity index (χ1n) is 11.1. The summed E-state index contributed by atoms with van der Waals surface area (Å²) in [6.07, 6.45) is 2.51. The molecule has 2 aromatic rings. The molecule has 4 rings (SSSR count). The minimum Gasteiger partial charge on any atom is -0.358 e. The number of nitrogens with one attached hydrogen (secondary N) is 3. The van der Waals surface area contributed by atoms with Crippen LogP contribution < -0.4 is 10.6 Å². The Hall–Kier alpha value is -2.71. The summed E-state index contributed by atoms with van der Waals surface area (Å²) < 4.78 is 12.3. The fourth-order valence-corrected chi connectivity index (χ4v) is 5.92. The molecule has 170 valence electrons. The zero-order chi connectivity index (χ0) is 23.0. The molecule has 0 aliphatic carbocycles. The Morgan fingerprint density at radius 1 is 1.25 bits per heavy atom. The molecule has 0 spiro atoms. The van der Waals surface area contributed by atoms with E-state index < -0.39 is 10.8 Å². The number of likely N-dealkylation sites (N-methyl/N-ethyl adjacent to an activating group) is 1. The molecule has 0 fully saturated rings. The molecular weight excluding hydrogens is 424 g/mol. The molecule has 0 bridgehead atoms. The number of carbonyl (C=O) groups excluding carboxylic acids is 2. The summed E-state index contributed by atoms with van der Waals surface area (Å²) in [5.74, 6) is 0.301. The molecule has 3 N–H and O–H groups in total. The number of rotatable bonds is 7. The largest absolute Gasteiger partial charge is 0.358 e. The molecule has 1 aromatic heterocycles. The average molecular weight is 455 g/mol. The maximum atomic E-state index is 12.9. The van der Waals surface area contributed by atoms with Crippen LogP contribution in [0.1, 0.15) is 52.3 Å². The van der Waals surface area contributed by atoms with Crippen molar-refractivity contribution in [3.8, 4) is 0 Å². The molecule has 32 heavy (non-hydrogen) atoms. The minimum atomic E-state index is -1.01. The summed E-state index contributed by atoms with van der Waals surface area (Å²) in [7, 11) is -1.01. The second-order valence-corrected chi connectivity index (χ2v) is 9.76. The lowest BCUT2D eigenvalue weighted by Crippen LogP contribution is -2.35. The van der Waals surface area contributed by atoms with Crippen molar-refractivity contribution in [1.29, 1.82) is 0 Å². The lowest BCUT2D eigenvalue weighted by molar-refractivity contribution is -0.110. The van der Waals surface area contributed by atoms with Gasteiger partial charge in [-0.25, -0.2) is 0 Å². The van der Waals surface area contributed by atoms with Gasteiger partial charge in [-0.1, -0.05) is 13.8 Å². The molecule has 2 aliphatic heterocycles. The Labute approximate surface area is 191 Å². The van der Waals surface area contributed by atoms with Gasteiger partial charge in [-0.05, 0) is 62.7 Å². The van der Waals surface area contributed by atoms with Gasteiger partial charge in [0.15, 0.2) is 0 Å². The lowest BCUT2D eigenvalue weighted by atomic mass is 9.97. The van der Waals surface area contributed by atoms with Crippen LogP contribution in [0.5, 0.6) is 0 Å². The molecule has 0 saturated carbocycles. The van der Waals surface area contributed by atoms with Gasteiger partial charge in [-0.2, -0.15) is 0 Å². The molecule has 3 heterocycles. The summed E-state index contributed by atoms with van der Waals surface area (Å²) in [5, 5.41) is 5.94. The number of amides is 2. The minimum absolute atomic E-state index is 0.111. The van der Waals surface area contributed by atoms with Gasteiger partial charge in [0.1, 0.15) is 0 Å². The summed E-state index contributed by atoms with van der Waals surface area (Å²) >= 11 is 0. The lowest BCUT2D eigenvalue weighted by Gasteiger charge is -2.18. The summed E-state index contributed by atoms with van der Waals surface area (Å²) in [6, 6.07) is 3.68. The van der Waals surface area contributed by atoms with Crippen molar-refractivity contribution in [2.45, 2.75) is 39.0 Å². The molecule has 1 unspecified atom stereocenters. The number of aromatic nitrogens is 1. The van der Waals surface area contributed by atoms with E-state index >= 15 is 0 Å². The van der Waals surface area contributed by atoms with Crippen LogP contribution in [0.15, 0.2) is 17.0 Å². The van der Waals surface area contributed by atoms with Crippen molar-refractivity contribution < 1.29 is 13.8 Å². The van der Waals surface area contributed by atoms with E-state index in [4.69, 9.17) is 0 Å². The predicted molar refractivity (Wildman–Crippen MR) is 128 cm³/mol. The van der Waals surface area contributed by atoms with E-state index in [0.717, 1.165) is 58.3 Å². The highest BCUT2D eigenvalue weighted by molar-refractivity contribution is 7.85. The van der Waals surface area contributed by atoms with Crippen LogP contribution in [0.3, 0.4) is 0 Å². The Balaban J connectivity index is 1.63. The predicted octanol–water partition coefficient (Wildman–Crippen LogP) is 2.86. The first-order chi connectivity index (χ1) is 15.3. The average Bonchev–Trinajstić information content (AvgIpc) is 3.39. The van der Waals surface area contributed by atoms with Gasteiger partial charge in [0.2, 0.25) is 0 Å². The molecule has 0 radical (unpaired) electrons. The third-order valence-electron chi connectivity index (χ3n) is 6.41. The summed E-state index contributed by atoms with van der Waals surface area (Å²) in [5.41, 5.74) is 6.08. The van der Waals surface area contributed by atoms with Crippen LogP contribution in [0, 0.1) is 13.8 Å². The van der Waals surface area contributed by atoms with Crippen molar-refractivity contribution in [2.75, 3.05) is 37.2 Å². The van der Waals surface area contributed by atoms with Crippen LogP contribution in [0.2, 0.25) is 0 Å². The second kappa shape index (κ2) is 9.03. The van der Waals surface area contributed by atoms with E-state index in [2.05, 4.69) is 34.4 Å². The van der Waals surface area contributed by atoms with Gasteiger partial charge in [0.05, 0.1) is 21.9 Å². The Morgan fingerprint density at radius 3 is 2.72 bits per heavy atom. The van der Waals surface area contributed by atoms with Crippen LogP contribution in [-0.2, 0) is 22.0 Å². The van der Waals surface area contributed by atoms with Crippen LogP contribution in [0.25, 0.3) is 11.6 Å². The number of fused-ring (bicyclic) bond motifs is 3. The molecular formula is C24H30N4O3S. The number of hydrogen-bond donors (Lipinski definition) is 3. The highest BCUT2D eigenvalue weighted by atomic mass is 32.2. The number of hydrogen-bond acceptors (Lipinski definition) is 4. The number of benzene rings is 1. The molecule has 8 heteroatoms. The molecule has 2 aliphatic rings. The molecule has 1 aromatic carbocycles. The monoisotopic (exact) mass is 454 g/mol. The van der Waals surface area contributed by atoms with Crippen molar-refractivity contribution >= 4 is 40.0 Å². The van der Waals surface area contributed by atoms with Crippen LogP contribution in [0.4, 0.5) is 5.69 Å². The molecule has 2 amide bonds. The zero-order valence-electron chi connectivity index (χ0n) is 19.1. The maximum Gasteiger partial charge on any atom is 0.256 e. The van der Waals surface area contributed by atoms with Crippen molar-refractivity contribution in [1.82, 2.24) is 15.2 Å². The van der Waals surface area contributed by atoms with E-state index in [1.807, 2.05) is 32.1 Å². The van der Waals surface area contributed by atoms with Crippen LogP contribution in [-0.4, -0.2) is 57.8 Å². The topological polar surface area (TPSA) is 94.3 Å². The van der Waals surface area contributed by atoms with Crippen LogP contribution >= 0.6 is 0 Å². The van der Waals surface area contributed by atoms with Crippen molar-refractivity contribution in [3.05, 3.63) is 45.8 Å². The Bertz CT molecular complexity index is 1140. The number of nitrogens with zero attached hydrogens (tertiary/aromatic N) is 1. The third kappa shape index (κ3) is 3.93. The van der Waals surface area contributed by atoms with E-state index in [1.54, 1.807) is 0 Å².